The van der Waals surface area contributed by atoms with Crippen LogP contribution >= 0.6 is 0 Å². The second-order valence-corrected chi connectivity index (χ2v) is 7.21. The zero-order chi connectivity index (χ0) is 19.7. The third-order valence-corrected chi connectivity index (χ3v) is 5.30. The van der Waals surface area contributed by atoms with Gasteiger partial charge in [-0.1, -0.05) is 18.2 Å². The van der Waals surface area contributed by atoms with E-state index < -0.39 is 11.6 Å². The van der Waals surface area contributed by atoms with Gasteiger partial charge in [0.05, 0.1) is 22.9 Å². The van der Waals surface area contributed by atoms with Crippen molar-refractivity contribution in [1.82, 2.24) is 14.5 Å². The van der Waals surface area contributed by atoms with E-state index in [1.54, 1.807) is 29.1 Å². The molecule has 146 valence electrons. The van der Waals surface area contributed by atoms with Crippen molar-refractivity contribution < 1.29 is 13.6 Å². The lowest BCUT2D eigenvalue weighted by molar-refractivity contribution is -0.131. The van der Waals surface area contributed by atoms with Crippen molar-refractivity contribution in [3.63, 3.8) is 0 Å². The van der Waals surface area contributed by atoms with Crippen molar-refractivity contribution in [2.75, 3.05) is 13.1 Å². The number of para-hydroxylation sites is 1. The monoisotopic (exact) mass is 384 g/mol. The summed E-state index contributed by atoms with van der Waals surface area (Å²) in [5.41, 5.74) is 7.41. The molecule has 0 saturated carbocycles. The number of halogens is 2. The highest BCUT2D eigenvalue weighted by Gasteiger charge is 2.21. The summed E-state index contributed by atoms with van der Waals surface area (Å²) in [6.07, 6.45) is 4.12. The summed E-state index contributed by atoms with van der Waals surface area (Å²) in [6.45, 7) is 1.37. The van der Waals surface area contributed by atoms with Crippen LogP contribution < -0.4 is 5.73 Å². The number of hydrogen-bond donors (Lipinski definition) is 1. The van der Waals surface area contributed by atoms with Crippen molar-refractivity contribution >= 4 is 16.9 Å². The lowest BCUT2D eigenvalue weighted by Crippen LogP contribution is -2.35. The first kappa shape index (κ1) is 18.6. The lowest BCUT2D eigenvalue weighted by Gasteiger charge is -2.21. The van der Waals surface area contributed by atoms with E-state index in [0.29, 0.717) is 29.7 Å². The topological polar surface area (TPSA) is 64.2 Å². The van der Waals surface area contributed by atoms with E-state index in [9.17, 15) is 13.6 Å². The Morgan fingerprint density at radius 3 is 2.64 bits per heavy atom. The number of carbonyl (C=O) groups is 1. The van der Waals surface area contributed by atoms with Crippen molar-refractivity contribution in [3.8, 4) is 11.1 Å². The van der Waals surface area contributed by atoms with Crippen LogP contribution in [-0.2, 0) is 11.3 Å². The Hall–Kier alpha value is -2.80. The first-order chi connectivity index (χ1) is 13.5. The summed E-state index contributed by atoms with van der Waals surface area (Å²) in [6, 6.07) is 9.04. The minimum Gasteiger partial charge on any atom is -0.341 e. The van der Waals surface area contributed by atoms with Crippen LogP contribution in [0.1, 0.15) is 19.3 Å². The van der Waals surface area contributed by atoms with E-state index >= 15 is 0 Å². The molecule has 1 fully saturated rings. The Morgan fingerprint density at radius 1 is 1.11 bits per heavy atom. The molecule has 2 aromatic carbocycles. The fourth-order valence-electron chi connectivity index (χ4n) is 3.82. The molecule has 3 aromatic rings. The summed E-state index contributed by atoms with van der Waals surface area (Å²) in [5.74, 6) is -1.33. The largest absolute Gasteiger partial charge is 0.341 e. The van der Waals surface area contributed by atoms with Crippen molar-refractivity contribution in [3.05, 3.63) is 54.4 Å². The SMILES string of the molecule is N[C@H]1CCCN(C(=O)Cn2cnc3cccc(-c4c(F)cccc4F)c32)CC1. The van der Waals surface area contributed by atoms with E-state index in [1.807, 2.05) is 4.90 Å². The molecule has 1 amide bonds. The molecule has 0 spiro atoms. The Labute approximate surface area is 161 Å². The third-order valence-electron chi connectivity index (χ3n) is 5.30. The van der Waals surface area contributed by atoms with Crippen LogP contribution in [0, 0.1) is 11.6 Å². The molecule has 5 nitrogen and oxygen atoms in total. The number of fused-ring (bicyclic) bond motifs is 1. The van der Waals surface area contributed by atoms with Gasteiger partial charge >= 0.3 is 0 Å². The van der Waals surface area contributed by atoms with Gasteiger partial charge in [-0.15, -0.1) is 0 Å². The third kappa shape index (κ3) is 3.49. The molecule has 0 aliphatic carbocycles. The maximum Gasteiger partial charge on any atom is 0.242 e. The standard InChI is InChI=1S/C21H22F2N4O/c22-16-6-2-7-17(23)20(16)15-5-1-8-18-21(15)27(13-25-18)12-19(28)26-10-3-4-14(24)9-11-26/h1-2,5-8,13-14H,3-4,9-12,24H2/t14-/m0/s1. The maximum atomic E-state index is 14.4. The number of rotatable bonds is 3. The van der Waals surface area contributed by atoms with Crippen molar-refractivity contribution in [2.45, 2.75) is 31.8 Å². The molecule has 1 atom stereocenters. The molecule has 2 heterocycles. The molecule has 0 radical (unpaired) electrons. The Bertz CT molecular complexity index is 997. The quantitative estimate of drug-likeness (QED) is 0.753. The molecular weight excluding hydrogens is 362 g/mol. The van der Waals surface area contributed by atoms with Gasteiger partial charge in [0.1, 0.15) is 18.2 Å². The molecule has 0 unspecified atom stereocenters. The summed E-state index contributed by atoms with van der Waals surface area (Å²) in [5, 5.41) is 0. The van der Waals surface area contributed by atoms with Crippen LogP contribution in [0.3, 0.4) is 0 Å². The van der Waals surface area contributed by atoms with Gasteiger partial charge < -0.3 is 15.2 Å². The summed E-state index contributed by atoms with van der Waals surface area (Å²) in [4.78, 5) is 19.0. The average molecular weight is 384 g/mol. The molecule has 0 bridgehead atoms. The van der Waals surface area contributed by atoms with Crippen molar-refractivity contribution in [2.24, 2.45) is 5.73 Å². The predicted molar refractivity (Wildman–Crippen MR) is 103 cm³/mol. The van der Waals surface area contributed by atoms with Crippen LogP contribution in [0.25, 0.3) is 22.2 Å². The molecule has 1 aromatic heterocycles. The zero-order valence-electron chi connectivity index (χ0n) is 15.4. The van der Waals surface area contributed by atoms with Crippen LogP contribution in [0.4, 0.5) is 8.78 Å². The molecule has 4 rings (SSSR count). The number of benzene rings is 2. The van der Waals surface area contributed by atoms with Gasteiger partial charge in [0, 0.05) is 24.7 Å². The molecule has 1 aliphatic heterocycles. The van der Waals surface area contributed by atoms with E-state index in [2.05, 4.69) is 4.98 Å². The first-order valence-corrected chi connectivity index (χ1v) is 9.46. The molecule has 2 N–H and O–H groups in total. The Balaban J connectivity index is 1.70. The zero-order valence-corrected chi connectivity index (χ0v) is 15.4. The fraction of sp³-hybridized carbons (Fsp3) is 0.333. The van der Waals surface area contributed by atoms with Gasteiger partial charge in [-0.2, -0.15) is 0 Å². The Kier molecular flexibility index (Phi) is 5.09. The van der Waals surface area contributed by atoms with Gasteiger partial charge in [-0.3, -0.25) is 4.79 Å². The lowest BCUT2D eigenvalue weighted by atomic mass is 10.0. The number of nitrogens with two attached hydrogens (primary N) is 1. The summed E-state index contributed by atoms with van der Waals surface area (Å²) >= 11 is 0. The van der Waals surface area contributed by atoms with E-state index in [1.165, 1.54) is 18.2 Å². The van der Waals surface area contributed by atoms with E-state index in [-0.39, 0.29) is 24.1 Å². The van der Waals surface area contributed by atoms with Gasteiger partial charge in [-0.25, -0.2) is 13.8 Å². The van der Waals surface area contributed by atoms with Gasteiger partial charge in [0.2, 0.25) is 5.91 Å². The normalized spacial score (nSPS) is 17.7. The predicted octanol–water partition coefficient (Wildman–Crippen LogP) is 3.32. The smallest absolute Gasteiger partial charge is 0.242 e. The summed E-state index contributed by atoms with van der Waals surface area (Å²) in [7, 11) is 0. The van der Waals surface area contributed by atoms with Gasteiger partial charge in [0.25, 0.3) is 0 Å². The number of nitrogens with zero attached hydrogens (tertiary/aromatic N) is 3. The van der Waals surface area contributed by atoms with Crippen LogP contribution in [0.2, 0.25) is 0 Å². The number of imidazole rings is 1. The minimum absolute atomic E-state index is 0.0443. The number of likely N-dealkylation sites (tertiary alicyclic amines) is 1. The van der Waals surface area contributed by atoms with Crippen molar-refractivity contribution in [1.29, 1.82) is 0 Å². The van der Waals surface area contributed by atoms with Crippen LogP contribution in [-0.4, -0.2) is 39.5 Å². The second kappa shape index (κ2) is 7.67. The average Bonchev–Trinajstić information content (AvgIpc) is 2.94. The highest BCUT2D eigenvalue weighted by atomic mass is 19.1. The van der Waals surface area contributed by atoms with Crippen LogP contribution in [0.5, 0.6) is 0 Å². The molecular formula is C21H22F2N4O. The second-order valence-electron chi connectivity index (χ2n) is 7.21. The van der Waals surface area contributed by atoms with E-state index in [0.717, 1.165) is 19.3 Å². The first-order valence-electron chi connectivity index (χ1n) is 9.46. The number of aromatic nitrogens is 2. The summed E-state index contributed by atoms with van der Waals surface area (Å²) < 4.78 is 30.4. The molecule has 1 aliphatic rings. The maximum absolute atomic E-state index is 14.4. The number of amides is 1. The molecule has 7 heteroatoms. The molecule has 28 heavy (non-hydrogen) atoms. The van der Waals surface area contributed by atoms with Gasteiger partial charge in [0.15, 0.2) is 0 Å². The number of hydrogen-bond acceptors (Lipinski definition) is 3. The van der Waals surface area contributed by atoms with Crippen LogP contribution in [0.15, 0.2) is 42.7 Å². The number of carbonyl (C=O) groups excluding carboxylic acids is 1. The highest BCUT2D eigenvalue weighted by Crippen LogP contribution is 2.32. The molecule has 1 saturated heterocycles. The van der Waals surface area contributed by atoms with Gasteiger partial charge in [-0.05, 0) is 37.5 Å². The fourth-order valence-corrected chi connectivity index (χ4v) is 3.82. The Morgan fingerprint density at radius 2 is 1.86 bits per heavy atom. The van der Waals surface area contributed by atoms with E-state index in [4.69, 9.17) is 5.73 Å². The minimum atomic E-state index is -0.645. The highest BCUT2D eigenvalue weighted by molar-refractivity contribution is 5.93.